The lowest BCUT2D eigenvalue weighted by Crippen LogP contribution is -2.29. The van der Waals surface area contributed by atoms with Crippen molar-refractivity contribution in [3.8, 4) is 11.5 Å². The third kappa shape index (κ3) is 4.69. The number of halogens is 3. The smallest absolute Gasteiger partial charge is 0.300 e. The van der Waals surface area contributed by atoms with Gasteiger partial charge in [-0.05, 0) is 61.0 Å². The van der Waals surface area contributed by atoms with Gasteiger partial charge < -0.3 is 14.6 Å². The van der Waals surface area contributed by atoms with Crippen molar-refractivity contribution in [3.63, 3.8) is 0 Å². The van der Waals surface area contributed by atoms with Crippen molar-refractivity contribution in [2.24, 2.45) is 0 Å². The molecular formula is C26H20Cl3NO5. The number of amides is 1. The zero-order valence-corrected chi connectivity index (χ0v) is 21.0. The number of anilines is 1. The fourth-order valence-corrected chi connectivity index (χ4v) is 4.74. The van der Waals surface area contributed by atoms with Gasteiger partial charge in [0, 0.05) is 15.7 Å². The SMILES string of the molecule is CCOc1cccc(C2/C(=C(\O)c3cc(Cl)cc(Cl)c3OC)C(=O)C(=O)N2c2ccc(Cl)cc2)c1. The molecule has 0 aliphatic carbocycles. The largest absolute Gasteiger partial charge is 0.507 e. The number of methoxy groups -OCH3 is 1. The summed E-state index contributed by atoms with van der Waals surface area (Å²) in [5, 5.41) is 12.2. The number of aliphatic hydroxyl groups is 1. The van der Waals surface area contributed by atoms with Gasteiger partial charge in [-0.15, -0.1) is 0 Å². The summed E-state index contributed by atoms with van der Waals surface area (Å²) in [7, 11) is 1.38. The Morgan fingerprint density at radius 2 is 1.71 bits per heavy atom. The Hall–Kier alpha value is -3.19. The van der Waals surface area contributed by atoms with Gasteiger partial charge in [0.1, 0.15) is 17.3 Å². The molecule has 0 radical (unpaired) electrons. The van der Waals surface area contributed by atoms with Crippen LogP contribution >= 0.6 is 34.8 Å². The summed E-state index contributed by atoms with van der Waals surface area (Å²) in [5.41, 5.74) is 0.928. The van der Waals surface area contributed by atoms with Crippen molar-refractivity contribution in [1.29, 1.82) is 0 Å². The maximum Gasteiger partial charge on any atom is 0.300 e. The van der Waals surface area contributed by atoms with Crippen molar-refractivity contribution >= 4 is 57.9 Å². The zero-order valence-electron chi connectivity index (χ0n) is 18.7. The van der Waals surface area contributed by atoms with E-state index < -0.39 is 23.5 Å². The summed E-state index contributed by atoms with van der Waals surface area (Å²) in [5.74, 6) is -1.48. The first-order valence-electron chi connectivity index (χ1n) is 10.6. The van der Waals surface area contributed by atoms with E-state index >= 15 is 0 Å². The van der Waals surface area contributed by atoms with Crippen LogP contribution in [0.2, 0.25) is 15.1 Å². The number of hydrogen-bond acceptors (Lipinski definition) is 5. The van der Waals surface area contributed by atoms with Crippen LogP contribution < -0.4 is 14.4 Å². The third-order valence-corrected chi connectivity index (χ3v) is 6.25. The van der Waals surface area contributed by atoms with Crippen LogP contribution in [-0.2, 0) is 9.59 Å². The molecule has 180 valence electrons. The molecule has 1 atom stereocenters. The van der Waals surface area contributed by atoms with Gasteiger partial charge in [0.05, 0.1) is 35.9 Å². The second-order valence-corrected chi connectivity index (χ2v) is 8.90. The standard InChI is InChI=1S/C26H20Cl3NO5/c1-3-35-18-6-4-5-14(11-18)22-21(23(31)19-12-16(28)13-20(29)25(19)34-2)24(32)26(33)30(22)17-9-7-15(27)8-10-17/h4-13,22,31H,3H2,1-2H3/b23-21+. The fraction of sp³-hybridized carbons (Fsp3) is 0.154. The highest BCUT2D eigenvalue weighted by atomic mass is 35.5. The third-order valence-electron chi connectivity index (χ3n) is 5.50. The number of Topliss-reactive ketones (excluding diaryl/α,β-unsaturated/α-hetero) is 1. The van der Waals surface area contributed by atoms with E-state index in [0.717, 1.165) is 0 Å². The van der Waals surface area contributed by atoms with Crippen LogP contribution in [0.5, 0.6) is 11.5 Å². The minimum Gasteiger partial charge on any atom is -0.507 e. The van der Waals surface area contributed by atoms with Crippen LogP contribution in [-0.4, -0.2) is 30.5 Å². The van der Waals surface area contributed by atoms with Crippen molar-refractivity contribution in [1.82, 2.24) is 0 Å². The van der Waals surface area contributed by atoms with Gasteiger partial charge in [-0.25, -0.2) is 0 Å². The first-order chi connectivity index (χ1) is 16.8. The van der Waals surface area contributed by atoms with Gasteiger partial charge in [0.15, 0.2) is 0 Å². The number of benzene rings is 3. The fourth-order valence-electron chi connectivity index (χ4n) is 4.05. The topological polar surface area (TPSA) is 76.1 Å². The molecule has 0 bridgehead atoms. The lowest BCUT2D eigenvalue weighted by atomic mass is 9.94. The lowest BCUT2D eigenvalue weighted by molar-refractivity contribution is -0.132. The predicted molar refractivity (Wildman–Crippen MR) is 137 cm³/mol. The number of carbonyl (C=O) groups is 2. The molecule has 1 saturated heterocycles. The average molecular weight is 533 g/mol. The Kier molecular flexibility index (Phi) is 7.26. The number of ether oxygens (including phenoxy) is 2. The Morgan fingerprint density at radius 3 is 2.37 bits per heavy atom. The van der Waals surface area contributed by atoms with Gasteiger partial charge in [-0.1, -0.05) is 46.9 Å². The maximum absolute atomic E-state index is 13.4. The second kappa shape index (κ2) is 10.2. The molecule has 35 heavy (non-hydrogen) atoms. The van der Waals surface area contributed by atoms with E-state index in [9.17, 15) is 14.7 Å². The van der Waals surface area contributed by atoms with Crippen molar-refractivity contribution in [3.05, 3.63) is 92.4 Å². The Morgan fingerprint density at radius 1 is 1.00 bits per heavy atom. The highest BCUT2D eigenvalue weighted by Crippen LogP contribution is 2.45. The minimum atomic E-state index is -0.973. The van der Waals surface area contributed by atoms with Crippen LogP contribution in [0, 0.1) is 0 Å². The molecule has 9 heteroatoms. The number of rotatable bonds is 6. The number of hydrogen-bond donors (Lipinski definition) is 1. The van der Waals surface area contributed by atoms with E-state index in [1.54, 1.807) is 48.5 Å². The predicted octanol–water partition coefficient (Wildman–Crippen LogP) is 6.68. The monoisotopic (exact) mass is 531 g/mol. The van der Waals surface area contributed by atoms with Crippen molar-refractivity contribution < 1.29 is 24.2 Å². The van der Waals surface area contributed by atoms with Gasteiger partial charge in [-0.3, -0.25) is 14.5 Å². The van der Waals surface area contributed by atoms with Crippen LogP contribution in [0.25, 0.3) is 5.76 Å². The van der Waals surface area contributed by atoms with Crippen LogP contribution in [0.3, 0.4) is 0 Å². The Labute approximate surface area is 217 Å². The van der Waals surface area contributed by atoms with Crippen molar-refractivity contribution in [2.75, 3.05) is 18.6 Å². The summed E-state index contributed by atoms with van der Waals surface area (Å²) < 4.78 is 11.0. The van der Waals surface area contributed by atoms with E-state index in [0.29, 0.717) is 28.6 Å². The molecule has 1 aliphatic heterocycles. The number of aliphatic hydroxyl groups excluding tert-OH is 1. The normalized spacial score (nSPS) is 17.1. The molecule has 0 aromatic heterocycles. The van der Waals surface area contributed by atoms with E-state index in [1.165, 1.54) is 24.1 Å². The molecular weight excluding hydrogens is 513 g/mol. The number of carbonyl (C=O) groups excluding carboxylic acids is 2. The summed E-state index contributed by atoms with van der Waals surface area (Å²) in [6.45, 7) is 2.28. The van der Waals surface area contributed by atoms with Crippen LogP contribution in [0.15, 0.2) is 66.2 Å². The average Bonchev–Trinajstić information content (AvgIpc) is 3.09. The molecule has 1 amide bonds. The molecule has 0 saturated carbocycles. The van der Waals surface area contributed by atoms with Crippen LogP contribution in [0.1, 0.15) is 24.1 Å². The Bertz CT molecular complexity index is 1340. The highest BCUT2D eigenvalue weighted by molar-refractivity contribution is 6.52. The molecule has 4 rings (SSSR count). The van der Waals surface area contributed by atoms with Gasteiger partial charge in [0.25, 0.3) is 11.7 Å². The summed E-state index contributed by atoms with van der Waals surface area (Å²) in [6, 6.07) is 15.4. The first kappa shape index (κ1) is 24.9. The molecule has 1 N–H and O–H groups in total. The highest BCUT2D eigenvalue weighted by Gasteiger charge is 2.47. The minimum absolute atomic E-state index is 0.0880. The summed E-state index contributed by atoms with van der Waals surface area (Å²) in [4.78, 5) is 28.0. The molecule has 1 unspecified atom stereocenters. The zero-order chi connectivity index (χ0) is 25.3. The Balaban J connectivity index is 2.00. The summed E-state index contributed by atoms with van der Waals surface area (Å²) >= 11 is 18.5. The first-order valence-corrected chi connectivity index (χ1v) is 11.7. The van der Waals surface area contributed by atoms with Crippen LogP contribution in [0.4, 0.5) is 5.69 Å². The quantitative estimate of drug-likeness (QED) is 0.218. The molecule has 1 heterocycles. The van der Waals surface area contributed by atoms with E-state index in [-0.39, 0.29) is 26.9 Å². The van der Waals surface area contributed by atoms with Crippen molar-refractivity contribution in [2.45, 2.75) is 13.0 Å². The van der Waals surface area contributed by atoms with E-state index in [4.69, 9.17) is 44.3 Å². The lowest BCUT2D eigenvalue weighted by Gasteiger charge is -2.26. The second-order valence-electron chi connectivity index (χ2n) is 7.62. The molecule has 6 nitrogen and oxygen atoms in total. The number of ketones is 1. The molecule has 3 aromatic carbocycles. The molecule has 1 aliphatic rings. The van der Waals surface area contributed by atoms with Gasteiger partial charge in [0.2, 0.25) is 0 Å². The van der Waals surface area contributed by atoms with E-state index in [1.807, 2.05) is 6.92 Å². The summed E-state index contributed by atoms with van der Waals surface area (Å²) in [6.07, 6.45) is 0. The number of nitrogens with zero attached hydrogens (tertiary/aromatic N) is 1. The van der Waals surface area contributed by atoms with E-state index in [2.05, 4.69) is 0 Å². The maximum atomic E-state index is 13.4. The van der Waals surface area contributed by atoms with Gasteiger partial charge >= 0.3 is 0 Å². The molecule has 3 aromatic rings. The molecule has 1 fully saturated rings. The molecule has 0 spiro atoms. The van der Waals surface area contributed by atoms with Gasteiger partial charge in [-0.2, -0.15) is 0 Å².